The molecule has 0 aromatic carbocycles. The van der Waals surface area contributed by atoms with Crippen LogP contribution in [0.1, 0.15) is 78.1 Å². The van der Waals surface area contributed by atoms with E-state index in [2.05, 4.69) is 12.2 Å². The fraction of sp³-hybridized carbons (Fsp3) is 0.933. The van der Waals surface area contributed by atoms with Crippen LogP contribution < -0.4 is 10.8 Å². The second kappa shape index (κ2) is 13.8. The summed E-state index contributed by atoms with van der Waals surface area (Å²) in [4.78, 5) is 11.5. The van der Waals surface area contributed by atoms with Gasteiger partial charge in [-0.15, -0.1) is 0 Å². The highest BCUT2D eigenvalue weighted by Gasteiger charge is 2.06. The molecule has 19 heavy (non-hydrogen) atoms. The van der Waals surface area contributed by atoms with Gasteiger partial charge in [-0.2, -0.15) is 0 Å². The fourth-order valence-corrected chi connectivity index (χ4v) is 2.15. The highest BCUT2D eigenvalue weighted by Crippen LogP contribution is 2.10. The molecular weight excluding hydrogens is 240 g/mol. The molecule has 0 radical (unpaired) electrons. The monoisotopic (exact) mass is 272 g/mol. The molecule has 1 amide bonds. The standard InChI is InChI=1S/C15H32N2O2/c1-3-4-5-6-7-8-9-10-11-12-15(18)17-14(2)13-16-19/h14H,3-13,16H2,1-2H3,(H,17,18). The van der Waals surface area contributed by atoms with Gasteiger partial charge in [-0.1, -0.05) is 58.3 Å². The summed E-state index contributed by atoms with van der Waals surface area (Å²) in [6.45, 7) is 4.51. The molecule has 0 spiro atoms. The molecule has 0 saturated heterocycles. The van der Waals surface area contributed by atoms with Gasteiger partial charge in [-0.25, -0.2) is 0 Å². The summed E-state index contributed by atoms with van der Waals surface area (Å²) in [5.74, 6) is 0.0808. The number of carbonyl (C=O) groups excluding carboxylic acids is 1. The van der Waals surface area contributed by atoms with Gasteiger partial charge in [0, 0.05) is 6.42 Å². The fourth-order valence-electron chi connectivity index (χ4n) is 2.15. The number of carbonyl (C=O) groups is 1. The van der Waals surface area contributed by atoms with Crippen LogP contribution in [-0.2, 0) is 4.79 Å². The van der Waals surface area contributed by atoms with E-state index in [1.165, 1.54) is 44.9 Å². The first kappa shape index (κ1) is 18.4. The molecule has 0 aliphatic heterocycles. The van der Waals surface area contributed by atoms with Crippen LogP contribution in [0.2, 0.25) is 0 Å². The zero-order valence-corrected chi connectivity index (χ0v) is 12.7. The van der Waals surface area contributed by atoms with Gasteiger partial charge in [0.2, 0.25) is 5.91 Å². The summed E-state index contributed by atoms with van der Waals surface area (Å²) in [6, 6.07) is -0.0245. The number of hydroxylamine groups is 1. The lowest BCUT2D eigenvalue weighted by molar-refractivity contribution is -0.590. The first-order chi connectivity index (χ1) is 9.20. The molecule has 0 bridgehead atoms. The predicted octanol–water partition coefficient (Wildman–Crippen LogP) is 2.47. The zero-order valence-electron chi connectivity index (χ0n) is 12.7. The average Bonchev–Trinajstić information content (AvgIpc) is 2.37. The van der Waals surface area contributed by atoms with Crippen molar-refractivity contribution >= 4 is 5.91 Å². The van der Waals surface area contributed by atoms with Crippen molar-refractivity contribution in [3.05, 3.63) is 5.21 Å². The van der Waals surface area contributed by atoms with Crippen molar-refractivity contribution in [2.24, 2.45) is 0 Å². The van der Waals surface area contributed by atoms with Crippen LogP contribution in [0.5, 0.6) is 0 Å². The van der Waals surface area contributed by atoms with Crippen LogP contribution in [0, 0.1) is 5.21 Å². The first-order valence-corrected chi connectivity index (χ1v) is 7.93. The smallest absolute Gasteiger partial charge is 0.220 e. The lowest BCUT2D eigenvalue weighted by Crippen LogP contribution is -2.80. The Morgan fingerprint density at radius 2 is 1.58 bits per heavy atom. The molecule has 1 atom stereocenters. The lowest BCUT2D eigenvalue weighted by Gasteiger charge is -2.13. The Morgan fingerprint density at radius 3 is 2.11 bits per heavy atom. The average molecular weight is 272 g/mol. The zero-order chi connectivity index (χ0) is 14.3. The molecular formula is C15H32N2O2. The van der Waals surface area contributed by atoms with E-state index < -0.39 is 0 Å². The molecule has 4 nitrogen and oxygen atoms in total. The van der Waals surface area contributed by atoms with Crippen LogP contribution in [-0.4, -0.2) is 18.5 Å². The second-order valence-electron chi connectivity index (χ2n) is 5.45. The molecule has 0 rings (SSSR count). The molecule has 0 aliphatic carbocycles. The van der Waals surface area contributed by atoms with Crippen molar-refractivity contribution in [1.29, 1.82) is 0 Å². The summed E-state index contributed by atoms with van der Waals surface area (Å²) in [6.07, 6.45) is 12.0. The number of nitrogens with two attached hydrogens (primary N) is 1. The number of hydrogen-bond donors (Lipinski definition) is 2. The van der Waals surface area contributed by atoms with E-state index in [1.54, 1.807) is 0 Å². The van der Waals surface area contributed by atoms with E-state index in [-0.39, 0.29) is 11.9 Å². The van der Waals surface area contributed by atoms with Gasteiger partial charge >= 0.3 is 0 Å². The van der Waals surface area contributed by atoms with Gasteiger partial charge in [0.15, 0.2) is 0 Å². The van der Waals surface area contributed by atoms with Crippen molar-refractivity contribution in [3.8, 4) is 0 Å². The Labute approximate surface area is 118 Å². The van der Waals surface area contributed by atoms with Crippen LogP contribution in [0.4, 0.5) is 0 Å². The number of amides is 1. The van der Waals surface area contributed by atoms with E-state index in [1.807, 2.05) is 6.92 Å². The third kappa shape index (κ3) is 13.6. The van der Waals surface area contributed by atoms with Gasteiger partial charge in [0.25, 0.3) is 0 Å². The molecule has 0 aromatic rings. The number of rotatable bonds is 13. The SMILES string of the molecule is CCCCCCCCCCCC(=O)NC(C)C[NH2+][O-]. The molecule has 1 unspecified atom stereocenters. The Balaban J connectivity index is 3.23. The minimum Gasteiger partial charge on any atom is -0.636 e. The molecule has 0 aromatic heterocycles. The Morgan fingerprint density at radius 1 is 1.05 bits per heavy atom. The third-order valence-corrected chi connectivity index (χ3v) is 3.36. The van der Waals surface area contributed by atoms with Crippen molar-refractivity contribution in [2.45, 2.75) is 84.1 Å². The minimum atomic E-state index is -0.0245. The Hall–Kier alpha value is -0.610. The molecule has 0 aliphatic rings. The molecule has 114 valence electrons. The van der Waals surface area contributed by atoms with Crippen LogP contribution in [0.25, 0.3) is 0 Å². The maximum absolute atomic E-state index is 11.5. The largest absolute Gasteiger partial charge is 0.636 e. The van der Waals surface area contributed by atoms with E-state index in [0.29, 0.717) is 13.0 Å². The Bertz CT molecular complexity index is 210. The maximum atomic E-state index is 11.5. The molecule has 0 saturated carbocycles. The van der Waals surface area contributed by atoms with Gasteiger partial charge in [-0.05, 0) is 13.3 Å². The molecule has 4 heteroatoms. The normalized spacial score (nSPS) is 12.4. The predicted molar refractivity (Wildman–Crippen MR) is 79.6 cm³/mol. The third-order valence-electron chi connectivity index (χ3n) is 3.36. The van der Waals surface area contributed by atoms with Crippen LogP contribution in [0.15, 0.2) is 0 Å². The number of nitrogens with one attached hydrogen (secondary N) is 1. The van der Waals surface area contributed by atoms with Gasteiger partial charge in [-0.3, -0.25) is 4.79 Å². The lowest BCUT2D eigenvalue weighted by atomic mass is 10.1. The summed E-state index contributed by atoms with van der Waals surface area (Å²) >= 11 is 0. The first-order valence-electron chi connectivity index (χ1n) is 7.93. The summed E-state index contributed by atoms with van der Waals surface area (Å²) in [7, 11) is 0. The highest BCUT2D eigenvalue weighted by molar-refractivity contribution is 5.76. The topological polar surface area (TPSA) is 68.8 Å². The van der Waals surface area contributed by atoms with E-state index in [4.69, 9.17) is 0 Å². The van der Waals surface area contributed by atoms with E-state index in [9.17, 15) is 10.0 Å². The van der Waals surface area contributed by atoms with Crippen molar-refractivity contribution in [1.82, 2.24) is 5.32 Å². The number of unbranched alkanes of at least 4 members (excludes halogenated alkanes) is 8. The quantitative estimate of drug-likeness (QED) is 0.399. The molecule has 3 N–H and O–H groups in total. The van der Waals surface area contributed by atoms with Crippen LogP contribution >= 0.6 is 0 Å². The second-order valence-corrected chi connectivity index (χ2v) is 5.45. The van der Waals surface area contributed by atoms with Gasteiger partial charge in [0.1, 0.15) is 0 Å². The minimum absolute atomic E-state index is 0.0245. The van der Waals surface area contributed by atoms with Crippen LogP contribution in [0.3, 0.4) is 0 Å². The van der Waals surface area contributed by atoms with Crippen molar-refractivity contribution in [3.63, 3.8) is 0 Å². The van der Waals surface area contributed by atoms with Crippen molar-refractivity contribution < 1.29 is 10.3 Å². The van der Waals surface area contributed by atoms with Gasteiger partial charge < -0.3 is 16.0 Å². The molecule has 0 heterocycles. The summed E-state index contributed by atoms with van der Waals surface area (Å²) < 4.78 is 0. The number of hydrogen-bond acceptors (Lipinski definition) is 2. The Kier molecular flexibility index (Phi) is 13.4. The van der Waals surface area contributed by atoms with Crippen molar-refractivity contribution in [2.75, 3.05) is 6.54 Å². The molecule has 0 fully saturated rings. The highest BCUT2D eigenvalue weighted by atomic mass is 16.5. The number of quaternary nitrogens is 1. The van der Waals surface area contributed by atoms with E-state index >= 15 is 0 Å². The van der Waals surface area contributed by atoms with E-state index in [0.717, 1.165) is 18.3 Å². The maximum Gasteiger partial charge on any atom is 0.220 e. The van der Waals surface area contributed by atoms with Gasteiger partial charge in [0.05, 0.1) is 12.6 Å². The summed E-state index contributed by atoms with van der Waals surface area (Å²) in [5, 5.41) is 13.1. The summed E-state index contributed by atoms with van der Waals surface area (Å²) in [5.41, 5.74) is 0.851.